The van der Waals surface area contributed by atoms with E-state index < -0.39 is 0 Å². The summed E-state index contributed by atoms with van der Waals surface area (Å²) in [7, 11) is 0. The molecule has 0 saturated heterocycles. The molecule has 0 atom stereocenters. The maximum absolute atomic E-state index is 9.25. The number of hydrogen-bond acceptors (Lipinski definition) is 1. The minimum atomic E-state index is 0.478. The summed E-state index contributed by atoms with van der Waals surface area (Å²) in [5.41, 5.74) is 1.88. The molecule has 0 radical (unpaired) electrons. The Morgan fingerprint density at radius 1 is 0.947 bits per heavy atom. The number of benzene rings is 2. The summed E-state index contributed by atoms with van der Waals surface area (Å²) in [5, 5.41) is 10.9. The fraction of sp³-hybridized carbons (Fsp3) is 0. The highest BCUT2D eigenvalue weighted by atomic mass is 35.5. The molecular weight excluding hydrogens is 301 g/mol. The van der Waals surface area contributed by atoms with Gasteiger partial charge in [0.05, 0.1) is 11.6 Å². The summed E-state index contributed by atoms with van der Waals surface area (Å²) in [6.07, 6.45) is 1.67. The number of nitrogens with zero attached hydrogens (tertiary/aromatic N) is 1. The van der Waals surface area contributed by atoms with Gasteiger partial charge >= 0.3 is 0 Å². The Hall–Kier alpha value is -1.46. The van der Waals surface area contributed by atoms with Gasteiger partial charge in [0.2, 0.25) is 0 Å². The van der Waals surface area contributed by atoms with E-state index >= 15 is 0 Å². The SMILES string of the molecule is N#C/C(=C\c1c(Cl)cccc1Cl)c1ccc(Cl)cc1. The van der Waals surface area contributed by atoms with E-state index in [1.807, 2.05) is 0 Å². The highest BCUT2D eigenvalue weighted by Crippen LogP contribution is 2.29. The zero-order valence-electron chi connectivity index (χ0n) is 9.70. The molecule has 0 aliphatic heterocycles. The third kappa shape index (κ3) is 3.30. The zero-order valence-corrected chi connectivity index (χ0v) is 12.0. The first-order valence-corrected chi connectivity index (χ1v) is 6.57. The number of nitriles is 1. The zero-order chi connectivity index (χ0) is 13.8. The van der Waals surface area contributed by atoms with Crippen LogP contribution in [0.5, 0.6) is 0 Å². The van der Waals surface area contributed by atoms with Crippen LogP contribution in [0.15, 0.2) is 42.5 Å². The van der Waals surface area contributed by atoms with Crippen LogP contribution in [0.3, 0.4) is 0 Å². The molecule has 0 aromatic heterocycles. The molecule has 0 saturated carbocycles. The highest BCUT2D eigenvalue weighted by Gasteiger charge is 2.06. The molecule has 1 nitrogen and oxygen atoms in total. The monoisotopic (exact) mass is 307 g/mol. The van der Waals surface area contributed by atoms with E-state index in [9.17, 15) is 5.26 Å². The Bertz CT molecular complexity index is 647. The number of rotatable bonds is 2. The topological polar surface area (TPSA) is 23.8 Å². The van der Waals surface area contributed by atoms with E-state index in [4.69, 9.17) is 34.8 Å². The van der Waals surface area contributed by atoms with Gasteiger partial charge in [0.25, 0.3) is 0 Å². The summed E-state index contributed by atoms with van der Waals surface area (Å²) >= 11 is 18.0. The molecule has 0 heterocycles. The average molecular weight is 309 g/mol. The minimum Gasteiger partial charge on any atom is -0.192 e. The number of allylic oxidation sites excluding steroid dienone is 1. The Morgan fingerprint density at radius 3 is 2.05 bits per heavy atom. The Morgan fingerprint density at radius 2 is 1.53 bits per heavy atom. The Kier molecular flexibility index (Phi) is 4.50. The van der Waals surface area contributed by atoms with Crippen LogP contribution in [0.2, 0.25) is 15.1 Å². The predicted octanol–water partition coefficient (Wildman–Crippen LogP) is 5.71. The smallest absolute Gasteiger partial charge is 0.0998 e. The second-order valence-electron chi connectivity index (χ2n) is 3.81. The molecule has 0 unspecified atom stereocenters. The molecule has 4 heteroatoms. The lowest BCUT2D eigenvalue weighted by Crippen LogP contribution is -1.84. The van der Waals surface area contributed by atoms with Crippen LogP contribution in [-0.2, 0) is 0 Å². The summed E-state index contributed by atoms with van der Waals surface area (Å²) in [6, 6.07) is 14.4. The van der Waals surface area contributed by atoms with Crippen molar-refractivity contribution in [3.63, 3.8) is 0 Å². The lowest BCUT2D eigenvalue weighted by molar-refractivity contribution is 1.52. The van der Waals surface area contributed by atoms with Crippen molar-refractivity contribution in [3.8, 4) is 6.07 Å². The maximum Gasteiger partial charge on any atom is 0.0998 e. The third-order valence-electron chi connectivity index (χ3n) is 2.56. The van der Waals surface area contributed by atoms with E-state index in [0.29, 0.717) is 26.2 Å². The van der Waals surface area contributed by atoms with Crippen LogP contribution in [-0.4, -0.2) is 0 Å². The quantitative estimate of drug-likeness (QED) is 0.515. The second kappa shape index (κ2) is 6.12. The van der Waals surface area contributed by atoms with Gasteiger partial charge in [-0.2, -0.15) is 5.26 Å². The van der Waals surface area contributed by atoms with Gasteiger partial charge in [-0.15, -0.1) is 0 Å². The molecular formula is C15H8Cl3N. The Balaban J connectivity index is 2.51. The lowest BCUT2D eigenvalue weighted by atomic mass is 10.0. The van der Waals surface area contributed by atoms with Crippen molar-refractivity contribution >= 4 is 46.5 Å². The molecule has 94 valence electrons. The van der Waals surface area contributed by atoms with Gasteiger partial charge in [0.15, 0.2) is 0 Å². The first-order valence-electron chi connectivity index (χ1n) is 5.43. The van der Waals surface area contributed by atoms with Crippen molar-refractivity contribution in [3.05, 3.63) is 68.7 Å². The summed E-state index contributed by atoms with van der Waals surface area (Å²) in [6.45, 7) is 0. The van der Waals surface area contributed by atoms with Gasteiger partial charge in [-0.1, -0.05) is 53.0 Å². The molecule has 0 fully saturated rings. The van der Waals surface area contributed by atoms with E-state index in [1.165, 1.54) is 0 Å². The van der Waals surface area contributed by atoms with E-state index in [1.54, 1.807) is 48.5 Å². The van der Waals surface area contributed by atoms with Gasteiger partial charge in [0.1, 0.15) is 0 Å². The van der Waals surface area contributed by atoms with Crippen LogP contribution < -0.4 is 0 Å². The molecule has 0 amide bonds. The molecule has 0 bridgehead atoms. The first kappa shape index (κ1) is 14.0. The van der Waals surface area contributed by atoms with Gasteiger partial charge in [0, 0.05) is 20.6 Å². The average Bonchev–Trinajstić information content (AvgIpc) is 2.40. The first-order chi connectivity index (χ1) is 9.11. The highest BCUT2D eigenvalue weighted by molar-refractivity contribution is 6.37. The van der Waals surface area contributed by atoms with Gasteiger partial charge in [-0.05, 0) is 35.9 Å². The number of hydrogen-bond donors (Lipinski definition) is 0. The lowest BCUT2D eigenvalue weighted by Gasteiger charge is -2.04. The molecule has 19 heavy (non-hydrogen) atoms. The van der Waals surface area contributed by atoms with E-state index in [-0.39, 0.29) is 0 Å². The summed E-state index contributed by atoms with van der Waals surface area (Å²) in [4.78, 5) is 0. The van der Waals surface area contributed by atoms with E-state index in [0.717, 1.165) is 5.56 Å². The molecule has 2 aromatic carbocycles. The fourth-order valence-electron chi connectivity index (χ4n) is 1.60. The predicted molar refractivity (Wildman–Crippen MR) is 81.4 cm³/mol. The molecule has 2 rings (SSSR count). The van der Waals surface area contributed by atoms with Crippen molar-refractivity contribution < 1.29 is 0 Å². The van der Waals surface area contributed by atoms with Crippen LogP contribution in [0.25, 0.3) is 11.6 Å². The standard InChI is InChI=1S/C15H8Cl3N/c16-12-6-4-10(5-7-12)11(9-19)8-13-14(17)2-1-3-15(13)18/h1-8H/b11-8+. The molecule has 0 N–H and O–H groups in total. The van der Waals surface area contributed by atoms with Crippen molar-refractivity contribution in [1.82, 2.24) is 0 Å². The van der Waals surface area contributed by atoms with E-state index in [2.05, 4.69) is 6.07 Å². The van der Waals surface area contributed by atoms with Crippen molar-refractivity contribution in [2.75, 3.05) is 0 Å². The van der Waals surface area contributed by atoms with Crippen molar-refractivity contribution in [1.29, 1.82) is 5.26 Å². The molecule has 0 aliphatic rings. The minimum absolute atomic E-state index is 0.478. The van der Waals surface area contributed by atoms with Crippen LogP contribution in [0, 0.1) is 11.3 Å². The van der Waals surface area contributed by atoms with Crippen molar-refractivity contribution in [2.24, 2.45) is 0 Å². The second-order valence-corrected chi connectivity index (χ2v) is 5.06. The van der Waals surface area contributed by atoms with Crippen LogP contribution >= 0.6 is 34.8 Å². The van der Waals surface area contributed by atoms with Gasteiger partial charge in [-0.25, -0.2) is 0 Å². The Labute approximate surface area is 126 Å². The summed E-state index contributed by atoms with van der Waals surface area (Å²) in [5.74, 6) is 0. The van der Waals surface area contributed by atoms with Crippen molar-refractivity contribution in [2.45, 2.75) is 0 Å². The largest absolute Gasteiger partial charge is 0.192 e. The van der Waals surface area contributed by atoms with Gasteiger partial charge < -0.3 is 0 Å². The van der Waals surface area contributed by atoms with Crippen LogP contribution in [0.4, 0.5) is 0 Å². The fourth-order valence-corrected chi connectivity index (χ4v) is 2.24. The van der Waals surface area contributed by atoms with Crippen LogP contribution in [0.1, 0.15) is 11.1 Å². The molecule has 0 aliphatic carbocycles. The number of halogens is 3. The molecule has 2 aromatic rings. The summed E-state index contributed by atoms with van der Waals surface area (Å²) < 4.78 is 0. The third-order valence-corrected chi connectivity index (χ3v) is 3.48. The van der Waals surface area contributed by atoms with Gasteiger partial charge in [-0.3, -0.25) is 0 Å². The maximum atomic E-state index is 9.25. The molecule has 0 spiro atoms. The normalized spacial score (nSPS) is 11.2.